The van der Waals surface area contributed by atoms with Crippen molar-refractivity contribution in [3.63, 3.8) is 0 Å². The fourth-order valence-corrected chi connectivity index (χ4v) is 3.04. The van der Waals surface area contributed by atoms with E-state index >= 15 is 0 Å². The van der Waals surface area contributed by atoms with Crippen LogP contribution >= 0.6 is 11.8 Å². The van der Waals surface area contributed by atoms with Crippen LogP contribution in [-0.2, 0) is 16.1 Å². The van der Waals surface area contributed by atoms with Crippen LogP contribution in [0.5, 0.6) is 0 Å². The first-order valence-electron chi connectivity index (χ1n) is 8.23. The van der Waals surface area contributed by atoms with Gasteiger partial charge in [-0.05, 0) is 31.4 Å². The van der Waals surface area contributed by atoms with E-state index in [1.54, 1.807) is 11.5 Å². The number of carbonyl (C=O) groups excluding carboxylic acids is 2. The van der Waals surface area contributed by atoms with E-state index in [9.17, 15) is 9.59 Å². The Morgan fingerprint density at radius 1 is 1.15 bits per heavy atom. The average molecular weight is 386 g/mol. The molecule has 0 spiro atoms. The molecular formula is C19H18N2O5S. The summed E-state index contributed by atoms with van der Waals surface area (Å²) >= 11 is 1.42. The zero-order valence-corrected chi connectivity index (χ0v) is 15.7. The average Bonchev–Trinajstić information content (AvgIpc) is 3.33. The lowest BCUT2D eigenvalue weighted by molar-refractivity contribution is 0.0414. The lowest BCUT2D eigenvalue weighted by Gasteiger charge is -2.10. The third-order valence-corrected chi connectivity index (χ3v) is 4.36. The minimum atomic E-state index is -0.571. The molecule has 0 saturated carbocycles. The van der Waals surface area contributed by atoms with E-state index in [-0.39, 0.29) is 30.2 Å². The number of imidazole rings is 1. The van der Waals surface area contributed by atoms with Gasteiger partial charge in [-0.25, -0.2) is 14.6 Å². The summed E-state index contributed by atoms with van der Waals surface area (Å²) < 4.78 is 17.3. The number of hydrogen-bond acceptors (Lipinski definition) is 7. The molecule has 2 aromatic heterocycles. The van der Waals surface area contributed by atoms with E-state index in [4.69, 9.17) is 13.9 Å². The third kappa shape index (κ3) is 4.06. The lowest BCUT2D eigenvalue weighted by Crippen LogP contribution is -2.13. The van der Waals surface area contributed by atoms with Crippen LogP contribution in [0.15, 0.2) is 58.4 Å². The second-order valence-corrected chi connectivity index (χ2v) is 6.13. The molecule has 7 nitrogen and oxygen atoms in total. The predicted molar refractivity (Wildman–Crippen MR) is 99.1 cm³/mol. The molecule has 0 atom stereocenters. The van der Waals surface area contributed by atoms with Crippen LogP contribution in [0.2, 0.25) is 0 Å². The summed E-state index contributed by atoms with van der Waals surface area (Å²) in [6, 6.07) is 10.9. The Labute approximate surface area is 160 Å². The summed E-state index contributed by atoms with van der Waals surface area (Å²) in [5, 5.41) is 0.665. The van der Waals surface area contributed by atoms with Gasteiger partial charge in [0.1, 0.15) is 5.56 Å². The Hall–Kier alpha value is -3.00. The maximum Gasteiger partial charge on any atom is 0.357 e. The highest BCUT2D eigenvalue weighted by Crippen LogP contribution is 2.23. The van der Waals surface area contributed by atoms with Crippen molar-refractivity contribution < 1.29 is 23.5 Å². The van der Waals surface area contributed by atoms with Crippen LogP contribution in [0.3, 0.4) is 0 Å². The van der Waals surface area contributed by atoms with Gasteiger partial charge in [0.05, 0.1) is 19.1 Å². The molecule has 27 heavy (non-hydrogen) atoms. The smallest absolute Gasteiger partial charge is 0.357 e. The van der Waals surface area contributed by atoms with Gasteiger partial charge in [0.15, 0.2) is 23.2 Å². The van der Waals surface area contributed by atoms with Gasteiger partial charge in [-0.3, -0.25) is 4.57 Å². The van der Waals surface area contributed by atoms with Crippen molar-refractivity contribution in [1.82, 2.24) is 9.55 Å². The molecule has 140 valence electrons. The van der Waals surface area contributed by atoms with Crippen molar-refractivity contribution in [2.24, 2.45) is 0 Å². The molecule has 8 heteroatoms. The van der Waals surface area contributed by atoms with Crippen molar-refractivity contribution in [3.05, 3.63) is 65.9 Å². The van der Waals surface area contributed by atoms with Gasteiger partial charge >= 0.3 is 11.9 Å². The van der Waals surface area contributed by atoms with Crippen LogP contribution < -0.4 is 0 Å². The van der Waals surface area contributed by atoms with Crippen molar-refractivity contribution in [1.29, 1.82) is 0 Å². The van der Waals surface area contributed by atoms with Gasteiger partial charge in [-0.15, -0.1) is 0 Å². The summed E-state index contributed by atoms with van der Waals surface area (Å²) in [5.74, 6) is -0.855. The van der Waals surface area contributed by atoms with E-state index < -0.39 is 11.9 Å². The molecule has 0 aliphatic rings. The molecule has 0 aliphatic heterocycles. The molecule has 0 N–H and O–H groups in total. The fourth-order valence-electron chi connectivity index (χ4n) is 2.50. The number of benzene rings is 1. The molecule has 0 fully saturated rings. The normalized spacial score (nSPS) is 10.6. The Morgan fingerprint density at radius 2 is 1.93 bits per heavy atom. The SMILES string of the molecule is CCOC(=O)c1ccoc1COC(=O)c1cnc(SC)n1-c1ccccc1. The summed E-state index contributed by atoms with van der Waals surface area (Å²) in [6.07, 6.45) is 4.70. The van der Waals surface area contributed by atoms with Gasteiger partial charge < -0.3 is 13.9 Å². The van der Waals surface area contributed by atoms with Gasteiger partial charge in [0.25, 0.3) is 0 Å². The first-order chi connectivity index (χ1) is 13.2. The monoisotopic (exact) mass is 386 g/mol. The van der Waals surface area contributed by atoms with Crippen LogP contribution in [0, 0.1) is 0 Å². The third-order valence-electron chi connectivity index (χ3n) is 3.71. The van der Waals surface area contributed by atoms with Gasteiger partial charge in [-0.1, -0.05) is 30.0 Å². The van der Waals surface area contributed by atoms with E-state index in [1.807, 2.05) is 36.6 Å². The van der Waals surface area contributed by atoms with E-state index in [1.165, 1.54) is 30.3 Å². The fraction of sp³-hybridized carbons (Fsp3) is 0.211. The first kappa shape index (κ1) is 18.8. The van der Waals surface area contributed by atoms with Crippen molar-refractivity contribution >= 4 is 23.7 Å². The zero-order chi connectivity index (χ0) is 19.2. The topological polar surface area (TPSA) is 83.6 Å². The molecule has 1 aromatic carbocycles. The second-order valence-electron chi connectivity index (χ2n) is 5.36. The minimum absolute atomic E-state index is 0.186. The highest BCUT2D eigenvalue weighted by molar-refractivity contribution is 7.98. The Kier molecular flexibility index (Phi) is 5.97. The number of thioether (sulfide) groups is 1. The largest absolute Gasteiger partial charge is 0.465 e. The van der Waals surface area contributed by atoms with E-state index in [0.29, 0.717) is 5.16 Å². The number of carbonyl (C=O) groups is 2. The maximum absolute atomic E-state index is 12.6. The summed E-state index contributed by atoms with van der Waals surface area (Å²) in [4.78, 5) is 28.8. The summed E-state index contributed by atoms with van der Waals surface area (Å²) in [6.45, 7) is 1.78. The van der Waals surface area contributed by atoms with E-state index in [2.05, 4.69) is 4.98 Å². The Balaban J connectivity index is 1.80. The van der Waals surface area contributed by atoms with Gasteiger partial charge in [0, 0.05) is 5.69 Å². The highest BCUT2D eigenvalue weighted by atomic mass is 32.2. The number of esters is 2. The van der Waals surface area contributed by atoms with Crippen LogP contribution in [0.1, 0.15) is 33.5 Å². The number of furan rings is 1. The number of aromatic nitrogens is 2. The van der Waals surface area contributed by atoms with Crippen LogP contribution in [-0.4, -0.2) is 34.4 Å². The molecule has 3 rings (SSSR count). The number of para-hydroxylation sites is 1. The van der Waals surface area contributed by atoms with Crippen LogP contribution in [0.25, 0.3) is 5.69 Å². The molecule has 0 aliphatic carbocycles. The summed E-state index contributed by atoms with van der Waals surface area (Å²) in [5.41, 5.74) is 1.33. The Morgan fingerprint density at radius 3 is 2.63 bits per heavy atom. The number of ether oxygens (including phenoxy) is 2. The van der Waals surface area contributed by atoms with Crippen LogP contribution in [0.4, 0.5) is 0 Å². The van der Waals surface area contributed by atoms with Gasteiger partial charge in [0.2, 0.25) is 0 Å². The molecule has 3 aromatic rings. The number of rotatable bonds is 7. The van der Waals surface area contributed by atoms with E-state index in [0.717, 1.165) is 5.69 Å². The second kappa shape index (κ2) is 8.59. The van der Waals surface area contributed by atoms with Crippen molar-refractivity contribution in [2.45, 2.75) is 18.7 Å². The number of hydrogen-bond donors (Lipinski definition) is 0. The number of nitrogens with zero attached hydrogens (tertiary/aromatic N) is 2. The minimum Gasteiger partial charge on any atom is -0.465 e. The molecule has 0 saturated heterocycles. The molecule has 0 bridgehead atoms. The molecule has 0 amide bonds. The van der Waals surface area contributed by atoms with Gasteiger partial charge in [-0.2, -0.15) is 0 Å². The summed E-state index contributed by atoms with van der Waals surface area (Å²) in [7, 11) is 0. The maximum atomic E-state index is 12.6. The Bertz CT molecular complexity index is 933. The molecule has 0 unspecified atom stereocenters. The zero-order valence-electron chi connectivity index (χ0n) is 14.9. The van der Waals surface area contributed by atoms with Crippen molar-refractivity contribution in [3.8, 4) is 5.69 Å². The molecular weight excluding hydrogens is 368 g/mol. The van der Waals surface area contributed by atoms with Crippen molar-refractivity contribution in [2.75, 3.05) is 12.9 Å². The quantitative estimate of drug-likeness (QED) is 0.452. The molecule has 0 radical (unpaired) electrons. The predicted octanol–water partition coefficient (Wildman–Crippen LogP) is 3.72. The standard InChI is InChI=1S/C19H18N2O5S/c1-3-24-17(22)14-9-10-25-16(14)12-26-18(23)15-11-20-19(27-2)21(15)13-7-5-4-6-8-13/h4-11H,3,12H2,1-2H3. The molecule has 2 heterocycles. The first-order valence-corrected chi connectivity index (χ1v) is 9.46. The highest BCUT2D eigenvalue weighted by Gasteiger charge is 2.21. The lowest BCUT2D eigenvalue weighted by atomic mass is 10.2.